The van der Waals surface area contributed by atoms with Crippen molar-refractivity contribution in [3.63, 3.8) is 0 Å². The van der Waals surface area contributed by atoms with E-state index in [1.165, 1.54) is 0 Å². The number of nitrogens with zero attached hydrogens (tertiary/aromatic N) is 1. The fourth-order valence-electron chi connectivity index (χ4n) is 2.66. The Labute approximate surface area is 163 Å². The minimum Gasteiger partial charge on any atom is -0.495 e. The van der Waals surface area contributed by atoms with Gasteiger partial charge in [0, 0.05) is 17.3 Å². The van der Waals surface area contributed by atoms with E-state index in [-0.39, 0.29) is 11.8 Å². The highest BCUT2D eigenvalue weighted by molar-refractivity contribution is 6.05. The van der Waals surface area contributed by atoms with Gasteiger partial charge < -0.3 is 15.4 Å². The molecule has 28 heavy (non-hydrogen) atoms. The lowest BCUT2D eigenvalue weighted by molar-refractivity contribution is 0.0948. The Morgan fingerprint density at radius 1 is 0.964 bits per heavy atom. The van der Waals surface area contributed by atoms with Crippen molar-refractivity contribution in [2.45, 2.75) is 13.5 Å². The average molecular weight is 375 g/mol. The number of methoxy groups -OCH3 is 1. The maximum atomic E-state index is 12.5. The number of ether oxygens (including phenoxy) is 1. The van der Waals surface area contributed by atoms with Crippen molar-refractivity contribution in [1.29, 1.82) is 0 Å². The van der Waals surface area contributed by atoms with Crippen LogP contribution < -0.4 is 15.4 Å². The molecule has 2 N–H and O–H groups in total. The number of rotatable bonds is 6. The number of hydrogen-bond donors (Lipinski definition) is 2. The molecule has 2 amide bonds. The first-order valence-corrected chi connectivity index (χ1v) is 8.81. The number of anilines is 1. The molecular formula is C22H21N3O3. The molecule has 0 fully saturated rings. The Bertz CT molecular complexity index is 970. The maximum absolute atomic E-state index is 12.5. The first-order valence-electron chi connectivity index (χ1n) is 8.81. The molecule has 1 heterocycles. The summed E-state index contributed by atoms with van der Waals surface area (Å²) in [5, 5.41) is 5.65. The molecule has 0 spiro atoms. The van der Waals surface area contributed by atoms with Crippen LogP contribution in [0.5, 0.6) is 5.75 Å². The first kappa shape index (κ1) is 19.1. The number of carbonyl (C=O) groups excluding carboxylic acids is 2. The van der Waals surface area contributed by atoms with Gasteiger partial charge in [0.1, 0.15) is 5.75 Å². The Morgan fingerprint density at radius 3 is 2.32 bits per heavy atom. The number of aromatic nitrogens is 1. The third kappa shape index (κ3) is 4.73. The van der Waals surface area contributed by atoms with Gasteiger partial charge in [-0.05, 0) is 61.0 Å². The van der Waals surface area contributed by atoms with E-state index in [9.17, 15) is 9.59 Å². The largest absolute Gasteiger partial charge is 0.495 e. The molecule has 0 aliphatic heterocycles. The monoisotopic (exact) mass is 375 g/mol. The predicted octanol–water partition coefficient (Wildman–Crippen LogP) is 3.58. The van der Waals surface area contributed by atoms with Crippen LogP contribution in [0.15, 0.2) is 66.9 Å². The number of hydrogen-bond acceptors (Lipinski definition) is 4. The lowest BCUT2D eigenvalue weighted by Crippen LogP contribution is -2.23. The van der Waals surface area contributed by atoms with Gasteiger partial charge in [-0.3, -0.25) is 14.6 Å². The van der Waals surface area contributed by atoms with E-state index in [0.29, 0.717) is 29.1 Å². The second kappa shape index (κ2) is 8.81. The quantitative estimate of drug-likeness (QED) is 0.690. The predicted molar refractivity (Wildman–Crippen MR) is 108 cm³/mol. The van der Waals surface area contributed by atoms with Crippen LogP contribution in [0, 0.1) is 6.92 Å². The number of carbonyl (C=O) groups is 2. The van der Waals surface area contributed by atoms with Crippen molar-refractivity contribution in [1.82, 2.24) is 10.3 Å². The summed E-state index contributed by atoms with van der Waals surface area (Å²) < 4.78 is 5.28. The second-order valence-electron chi connectivity index (χ2n) is 6.24. The number of aryl methyl sites for hydroxylation is 1. The number of amides is 2. The van der Waals surface area contributed by atoms with Crippen LogP contribution in [-0.4, -0.2) is 23.9 Å². The van der Waals surface area contributed by atoms with E-state index in [1.807, 2.05) is 37.3 Å². The minimum atomic E-state index is -0.274. The summed E-state index contributed by atoms with van der Waals surface area (Å²) in [6.45, 7) is 2.28. The van der Waals surface area contributed by atoms with Gasteiger partial charge in [0.05, 0.1) is 25.0 Å². The molecule has 2 aromatic carbocycles. The van der Waals surface area contributed by atoms with Gasteiger partial charge >= 0.3 is 0 Å². The van der Waals surface area contributed by atoms with E-state index in [1.54, 1.807) is 43.6 Å². The third-order valence-corrected chi connectivity index (χ3v) is 4.17. The zero-order valence-electron chi connectivity index (χ0n) is 15.7. The summed E-state index contributed by atoms with van der Waals surface area (Å²) in [6.07, 6.45) is 1.68. The Morgan fingerprint density at radius 2 is 1.68 bits per heavy atom. The molecule has 0 saturated carbocycles. The summed E-state index contributed by atoms with van der Waals surface area (Å²) in [5.74, 6) is 0.0896. The van der Waals surface area contributed by atoms with E-state index >= 15 is 0 Å². The van der Waals surface area contributed by atoms with Crippen molar-refractivity contribution in [2.75, 3.05) is 12.4 Å². The number of pyridine rings is 1. The SMILES string of the molecule is COc1ccc(C)cc1NC(=O)c1ccc(C(=O)NCc2ccccn2)cc1. The van der Waals surface area contributed by atoms with Crippen LogP contribution >= 0.6 is 0 Å². The Balaban J connectivity index is 1.64. The molecular weight excluding hydrogens is 354 g/mol. The summed E-state index contributed by atoms with van der Waals surface area (Å²) in [5.41, 5.74) is 3.31. The second-order valence-corrected chi connectivity index (χ2v) is 6.24. The Hall–Kier alpha value is -3.67. The lowest BCUT2D eigenvalue weighted by Gasteiger charge is -2.11. The van der Waals surface area contributed by atoms with Crippen LogP contribution in [0.25, 0.3) is 0 Å². The fraction of sp³-hybridized carbons (Fsp3) is 0.136. The zero-order chi connectivity index (χ0) is 19.9. The molecule has 0 radical (unpaired) electrons. The maximum Gasteiger partial charge on any atom is 0.255 e. The fourth-order valence-corrected chi connectivity index (χ4v) is 2.66. The van der Waals surface area contributed by atoms with Crippen LogP contribution in [0.3, 0.4) is 0 Å². The van der Waals surface area contributed by atoms with Crippen LogP contribution in [0.1, 0.15) is 32.0 Å². The molecule has 6 heteroatoms. The van der Waals surface area contributed by atoms with E-state index in [4.69, 9.17) is 4.74 Å². The standard InChI is InChI=1S/C22H21N3O3/c1-15-6-11-20(28-2)19(13-15)25-22(27)17-9-7-16(8-10-17)21(26)24-14-18-5-3-4-12-23-18/h3-13H,14H2,1-2H3,(H,24,26)(H,25,27). The van der Waals surface area contributed by atoms with Crippen molar-refractivity contribution in [2.24, 2.45) is 0 Å². The highest BCUT2D eigenvalue weighted by Gasteiger charge is 2.12. The molecule has 0 unspecified atom stereocenters. The van der Waals surface area contributed by atoms with Crippen molar-refractivity contribution in [3.05, 3.63) is 89.2 Å². The molecule has 0 aliphatic rings. The van der Waals surface area contributed by atoms with Gasteiger partial charge in [-0.1, -0.05) is 12.1 Å². The lowest BCUT2D eigenvalue weighted by atomic mass is 10.1. The van der Waals surface area contributed by atoms with Crippen LogP contribution in [-0.2, 0) is 6.54 Å². The first-order chi connectivity index (χ1) is 13.6. The van der Waals surface area contributed by atoms with Gasteiger partial charge in [0.2, 0.25) is 0 Å². The highest BCUT2D eigenvalue weighted by Crippen LogP contribution is 2.25. The van der Waals surface area contributed by atoms with Crippen LogP contribution in [0.2, 0.25) is 0 Å². The van der Waals surface area contributed by atoms with Gasteiger partial charge in [-0.25, -0.2) is 0 Å². The van der Waals surface area contributed by atoms with Gasteiger partial charge in [-0.2, -0.15) is 0 Å². The van der Waals surface area contributed by atoms with E-state index in [2.05, 4.69) is 15.6 Å². The van der Waals surface area contributed by atoms with E-state index < -0.39 is 0 Å². The summed E-state index contributed by atoms with van der Waals surface area (Å²) in [4.78, 5) is 28.9. The van der Waals surface area contributed by atoms with Gasteiger partial charge in [-0.15, -0.1) is 0 Å². The summed E-state index contributed by atoms with van der Waals surface area (Å²) in [6, 6.07) is 17.6. The highest BCUT2D eigenvalue weighted by atomic mass is 16.5. The van der Waals surface area contributed by atoms with Gasteiger partial charge in [0.25, 0.3) is 11.8 Å². The smallest absolute Gasteiger partial charge is 0.255 e. The molecule has 6 nitrogen and oxygen atoms in total. The topological polar surface area (TPSA) is 80.3 Å². The molecule has 3 rings (SSSR count). The molecule has 142 valence electrons. The molecule has 3 aromatic rings. The van der Waals surface area contributed by atoms with E-state index in [0.717, 1.165) is 11.3 Å². The molecule has 1 aromatic heterocycles. The number of nitrogens with one attached hydrogen (secondary N) is 2. The summed E-state index contributed by atoms with van der Waals surface area (Å²) >= 11 is 0. The third-order valence-electron chi connectivity index (χ3n) is 4.17. The normalized spacial score (nSPS) is 10.2. The number of benzene rings is 2. The van der Waals surface area contributed by atoms with Gasteiger partial charge in [0.15, 0.2) is 0 Å². The Kier molecular flexibility index (Phi) is 6.01. The molecule has 0 saturated heterocycles. The average Bonchev–Trinajstić information content (AvgIpc) is 2.73. The van der Waals surface area contributed by atoms with Crippen molar-refractivity contribution < 1.29 is 14.3 Å². The zero-order valence-corrected chi connectivity index (χ0v) is 15.7. The minimum absolute atomic E-state index is 0.224. The molecule has 0 aliphatic carbocycles. The van der Waals surface area contributed by atoms with Crippen LogP contribution in [0.4, 0.5) is 5.69 Å². The summed E-state index contributed by atoms with van der Waals surface area (Å²) in [7, 11) is 1.55. The molecule has 0 bridgehead atoms. The van der Waals surface area contributed by atoms with Crippen molar-refractivity contribution in [3.8, 4) is 5.75 Å². The van der Waals surface area contributed by atoms with Crippen molar-refractivity contribution >= 4 is 17.5 Å². The molecule has 0 atom stereocenters.